The van der Waals surface area contributed by atoms with E-state index in [2.05, 4.69) is 54.0 Å². The molecular weight excluding hydrogens is 196 g/mol. The molecule has 0 bridgehead atoms. The van der Waals surface area contributed by atoms with E-state index in [0.717, 1.165) is 6.54 Å². The Morgan fingerprint density at radius 1 is 0.812 bits per heavy atom. The number of rotatable bonds is 4. The molecule has 0 aliphatic rings. The largest absolute Gasteiger partial charge is 0.271 e. The summed E-state index contributed by atoms with van der Waals surface area (Å²) in [6.07, 6.45) is 0. The lowest BCUT2D eigenvalue weighted by molar-refractivity contribution is 0.664. The van der Waals surface area contributed by atoms with Crippen LogP contribution in [-0.2, 0) is 0 Å². The lowest BCUT2D eigenvalue weighted by Crippen LogP contribution is -2.28. The molecule has 0 aromatic heterocycles. The predicted octanol–water partition coefficient (Wildman–Crippen LogP) is 2.28. The number of hydrogen-bond donors (Lipinski definition) is 2. The number of hydrogen-bond acceptors (Lipinski definition) is 2. The van der Waals surface area contributed by atoms with Gasteiger partial charge >= 0.3 is 0 Å². The summed E-state index contributed by atoms with van der Waals surface area (Å²) in [5, 5.41) is 0. The predicted molar refractivity (Wildman–Crippen MR) is 66.9 cm³/mol. The lowest BCUT2D eigenvalue weighted by atomic mass is 9.91. The van der Waals surface area contributed by atoms with E-state index in [0.29, 0.717) is 5.92 Å². The van der Waals surface area contributed by atoms with E-state index >= 15 is 0 Å². The van der Waals surface area contributed by atoms with Gasteiger partial charge in [0, 0.05) is 12.5 Å². The first-order valence-electron chi connectivity index (χ1n) is 5.45. The van der Waals surface area contributed by atoms with Gasteiger partial charge in [-0.1, -0.05) is 60.7 Å². The van der Waals surface area contributed by atoms with Crippen molar-refractivity contribution < 1.29 is 0 Å². The highest BCUT2D eigenvalue weighted by Crippen LogP contribution is 2.23. The van der Waals surface area contributed by atoms with Gasteiger partial charge in [0.05, 0.1) is 0 Å². The second kappa shape index (κ2) is 5.45. The Hall–Kier alpha value is -1.64. The minimum atomic E-state index is 0.312. The van der Waals surface area contributed by atoms with Gasteiger partial charge in [-0.15, -0.1) is 0 Å². The molecule has 0 amide bonds. The Bertz CT molecular complexity index is 372. The van der Waals surface area contributed by atoms with E-state index in [4.69, 9.17) is 5.84 Å². The Kier molecular flexibility index (Phi) is 3.70. The van der Waals surface area contributed by atoms with Crippen LogP contribution in [0.3, 0.4) is 0 Å². The summed E-state index contributed by atoms with van der Waals surface area (Å²) in [5.74, 6) is 5.77. The zero-order valence-electron chi connectivity index (χ0n) is 9.14. The van der Waals surface area contributed by atoms with Crippen LogP contribution in [0.1, 0.15) is 17.0 Å². The quantitative estimate of drug-likeness (QED) is 0.602. The molecule has 0 saturated heterocycles. The van der Waals surface area contributed by atoms with Crippen molar-refractivity contribution in [1.29, 1.82) is 0 Å². The van der Waals surface area contributed by atoms with Crippen molar-refractivity contribution in [3.63, 3.8) is 0 Å². The average Bonchev–Trinajstić information content (AvgIpc) is 2.38. The molecule has 0 unspecified atom stereocenters. The summed E-state index contributed by atoms with van der Waals surface area (Å²) in [4.78, 5) is 0. The maximum Gasteiger partial charge on any atom is 0.0228 e. The van der Waals surface area contributed by atoms with Crippen LogP contribution in [0.4, 0.5) is 0 Å². The first-order chi connectivity index (χ1) is 7.92. The Morgan fingerprint density at radius 3 is 1.62 bits per heavy atom. The molecule has 2 aromatic carbocycles. The molecule has 2 rings (SSSR count). The number of nitrogens with one attached hydrogen (secondary N) is 1. The van der Waals surface area contributed by atoms with Crippen LogP contribution < -0.4 is 11.3 Å². The van der Waals surface area contributed by atoms with Crippen molar-refractivity contribution in [1.82, 2.24) is 5.43 Å². The van der Waals surface area contributed by atoms with Crippen LogP contribution >= 0.6 is 0 Å². The van der Waals surface area contributed by atoms with Crippen molar-refractivity contribution in [2.75, 3.05) is 6.54 Å². The second-order valence-corrected chi connectivity index (χ2v) is 3.78. The minimum absolute atomic E-state index is 0.312. The van der Waals surface area contributed by atoms with Crippen molar-refractivity contribution >= 4 is 0 Å². The monoisotopic (exact) mass is 212 g/mol. The van der Waals surface area contributed by atoms with Crippen LogP contribution in [-0.4, -0.2) is 6.54 Å². The smallest absolute Gasteiger partial charge is 0.0228 e. The Balaban J connectivity index is 2.31. The molecular formula is C14H16N2. The topological polar surface area (TPSA) is 38.0 Å². The molecule has 2 aromatic rings. The normalized spacial score (nSPS) is 10.6. The highest BCUT2D eigenvalue weighted by Gasteiger charge is 2.12. The van der Waals surface area contributed by atoms with Gasteiger partial charge in [-0.05, 0) is 11.1 Å². The molecule has 0 aliphatic carbocycles. The van der Waals surface area contributed by atoms with Gasteiger partial charge < -0.3 is 0 Å². The summed E-state index contributed by atoms with van der Waals surface area (Å²) in [7, 11) is 0. The fraction of sp³-hybridized carbons (Fsp3) is 0.143. The molecule has 82 valence electrons. The molecule has 0 radical (unpaired) electrons. The van der Waals surface area contributed by atoms with E-state index in [1.165, 1.54) is 11.1 Å². The maximum atomic E-state index is 5.45. The summed E-state index contributed by atoms with van der Waals surface area (Å²) in [6, 6.07) is 20.8. The van der Waals surface area contributed by atoms with Crippen molar-refractivity contribution in [2.24, 2.45) is 5.84 Å². The van der Waals surface area contributed by atoms with Gasteiger partial charge in [-0.3, -0.25) is 11.3 Å². The van der Waals surface area contributed by atoms with Crippen LogP contribution in [0.15, 0.2) is 60.7 Å². The van der Waals surface area contributed by atoms with E-state index in [-0.39, 0.29) is 0 Å². The lowest BCUT2D eigenvalue weighted by Gasteiger charge is -2.17. The van der Waals surface area contributed by atoms with Gasteiger partial charge in [0.25, 0.3) is 0 Å². The number of nitrogens with two attached hydrogens (primary N) is 1. The summed E-state index contributed by atoms with van der Waals surface area (Å²) in [6.45, 7) is 0.744. The summed E-state index contributed by atoms with van der Waals surface area (Å²) >= 11 is 0. The van der Waals surface area contributed by atoms with E-state index in [1.54, 1.807) is 0 Å². The summed E-state index contributed by atoms with van der Waals surface area (Å²) < 4.78 is 0. The molecule has 2 nitrogen and oxygen atoms in total. The van der Waals surface area contributed by atoms with Crippen molar-refractivity contribution in [2.45, 2.75) is 5.92 Å². The molecule has 16 heavy (non-hydrogen) atoms. The number of hydrazine groups is 1. The third kappa shape index (κ3) is 2.48. The molecule has 3 N–H and O–H groups in total. The third-order valence-electron chi connectivity index (χ3n) is 2.73. The minimum Gasteiger partial charge on any atom is -0.271 e. The first-order valence-corrected chi connectivity index (χ1v) is 5.45. The van der Waals surface area contributed by atoms with Gasteiger partial charge in [0.15, 0.2) is 0 Å². The molecule has 0 aliphatic heterocycles. The van der Waals surface area contributed by atoms with Crippen molar-refractivity contribution in [3.8, 4) is 0 Å². The van der Waals surface area contributed by atoms with Gasteiger partial charge in [0.2, 0.25) is 0 Å². The molecule has 0 atom stereocenters. The SMILES string of the molecule is NNCC(c1ccccc1)c1ccccc1. The molecule has 0 saturated carbocycles. The van der Waals surface area contributed by atoms with Crippen molar-refractivity contribution in [3.05, 3.63) is 71.8 Å². The zero-order valence-corrected chi connectivity index (χ0v) is 9.14. The molecule has 2 heteroatoms. The van der Waals surface area contributed by atoms with Gasteiger partial charge in [-0.2, -0.15) is 0 Å². The maximum absolute atomic E-state index is 5.45. The standard InChI is InChI=1S/C14H16N2/c15-16-11-14(12-7-3-1-4-8-12)13-9-5-2-6-10-13/h1-10,14,16H,11,15H2. The fourth-order valence-corrected chi connectivity index (χ4v) is 1.92. The average molecular weight is 212 g/mol. The first kappa shape index (κ1) is 10.9. The zero-order chi connectivity index (χ0) is 11.2. The molecule has 0 fully saturated rings. The third-order valence-corrected chi connectivity index (χ3v) is 2.73. The second-order valence-electron chi connectivity index (χ2n) is 3.78. The van der Waals surface area contributed by atoms with E-state index in [1.807, 2.05) is 12.1 Å². The van der Waals surface area contributed by atoms with Gasteiger partial charge in [-0.25, -0.2) is 0 Å². The van der Waals surface area contributed by atoms with Crippen LogP contribution in [0, 0.1) is 0 Å². The van der Waals surface area contributed by atoms with Crippen LogP contribution in [0.2, 0.25) is 0 Å². The Labute approximate surface area is 96.1 Å². The van der Waals surface area contributed by atoms with Gasteiger partial charge in [0.1, 0.15) is 0 Å². The number of benzene rings is 2. The highest BCUT2D eigenvalue weighted by atomic mass is 15.2. The highest BCUT2D eigenvalue weighted by molar-refractivity contribution is 5.32. The van der Waals surface area contributed by atoms with Crippen LogP contribution in [0.25, 0.3) is 0 Å². The van der Waals surface area contributed by atoms with Crippen LogP contribution in [0.5, 0.6) is 0 Å². The Morgan fingerprint density at radius 2 is 1.25 bits per heavy atom. The molecule has 0 spiro atoms. The van der Waals surface area contributed by atoms with E-state index < -0.39 is 0 Å². The molecule has 0 heterocycles. The fourth-order valence-electron chi connectivity index (χ4n) is 1.92. The summed E-state index contributed by atoms with van der Waals surface area (Å²) in [5.41, 5.74) is 5.33. The van der Waals surface area contributed by atoms with E-state index in [9.17, 15) is 0 Å².